The van der Waals surface area contributed by atoms with E-state index < -0.39 is 0 Å². The van der Waals surface area contributed by atoms with E-state index in [2.05, 4.69) is 0 Å². The van der Waals surface area contributed by atoms with Crippen LogP contribution >= 0.6 is 0 Å². The van der Waals surface area contributed by atoms with Gasteiger partial charge in [0.2, 0.25) is 0 Å². The molecule has 0 heterocycles. The zero-order chi connectivity index (χ0) is 8.27. The van der Waals surface area contributed by atoms with E-state index in [1.165, 1.54) is 19.3 Å². The number of aliphatic hydroxyl groups is 1. The van der Waals surface area contributed by atoms with Crippen LogP contribution in [0, 0.1) is 5.92 Å². The number of rotatable bonds is 5. The third-order valence-electron chi connectivity index (χ3n) is 2.48. The Kier molecular flexibility index (Phi) is 3.34. The average Bonchev–Trinajstić information content (AvgIpc) is 2.81. The van der Waals surface area contributed by atoms with Crippen molar-refractivity contribution in [2.75, 3.05) is 7.11 Å². The molecule has 2 atom stereocenters. The van der Waals surface area contributed by atoms with Gasteiger partial charge < -0.3 is 9.84 Å². The second-order valence-electron chi connectivity index (χ2n) is 3.53. The van der Waals surface area contributed by atoms with Crippen molar-refractivity contribution in [3.05, 3.63) is 0 Å². The van der Waals surface area contributed by atoms with Gasteiger partial charge in [0.15, 0.2) is 0 Å². The largest absolute Gasteiger partial charge is 0.390 e. The molecule has 1 aliphatic rings. The van der Waals surface area contributed by atoms with Crippen molar-refractivity contribution in [1.82, 2.24) is 0 Å². The van der Waals surface area contributed by atoms with Crippen LogP contribution in [0.5, 0.6) is 0 Å². The van der Waals surface area contributed by atoms with Gasteiger partial charge in [0.1, 0.15) is 0 Å². The summed E-state index contributed by atoms with van der Waals surface area (Å²) >= 11 is 0. The first-order valence-electron chi connectivity index (χ1n) is 4.45. The molecule has 1 rings (SSSR count). The monoisotopic (exact) mass is 158 g/mol. The van der Waals surface area contributed by atoms with Crippen molar-refractivity contribution in [3.8, 4) is 0 Å². The van der Waals surface area contributed by atoms with Crippen LogP contribution in [-0.4, -0.2) is 24.4 Å². The quantitative estimate of drug-likeness (QED) is 0.658. The van der Waals surface area contributed by atoms with Crippen LogP contribution in [0.25, 0.3) is 0 Å². The molecule has 11 heavy (non-hydrogen) atoms. The minimum absolute atomic E-state index is 0.00579. The number of methoxy groups -OCH3 is 1. The van der Waals surface area contributed by atoms with E-state index in [9.17, 15) is 5.11 Å². The molecule has 0 radical (unpaired) electrons. The molecule has 0 aliphatic heterocycles. The molecular formula is C9H18O2. The molecule has 0 aromatic rings. The Morgan fingerprint density at radius 3 is 2.64 bits per heavy atom. The number of aliphatic hydroxyl groups excluding tert-OH is 1. The minimum Gasteiger partial charge on any atom is -0.390 e. The summed E-state index contributed by atoms with van der Waals surface area (Å²) in [5.74, 6) is 0.911. The number of hydrogen-bond donors (Lipinski definition) is 1. The maximum absolute atomic E-state index is 9.47. The molecule has 1 aliphatic carbocycles. The van der Waals surface area contributed by atoms with E-state index in [-0.39, 0.29) is 12.2 Å². The molecule has 2 nitrogen and oxygen atoms in total. The van der Waals surface area contributed by atoms with Gasteiger partial charge in [-0.2, -0.15) is 0 Å². The van der Waals surface area contributed by atoms with Gasteiger partial charge in [-0.1, -0.05) is 12.8 Å². The molecule has 66 valence electrons. The first-order valence-corrected chi connectivity index (χ1v) is 4.45. The fourth-order valence-electron chi connectivity index (χ4n) is 1.20. The lowest BCUT2D eigenvalue weighted by atomic mass is 10.1. The average molecular weight is 158 g/mol. The molecule has 1 saturated carbocycles. The SMILES string of the molecule is COC(C)C(O)CCC1CC1. The summed E-state index contributed by atoms with van der Waals surface area (Å²) in [6.45, 7) is 1.91. The number of hydrogen-bond acceptors (Lipinski definition) is 2. The van der Waals surface area contributed by atoms with Gasteiger partial charge in [-0.3, -0.25) is 0 Å². The van der Waals surface area contributed by atoms with E-state index in [1.807, 2.05) is 6.92 Å². The summed E-state index contributed by atoms with van der Waals surface area (Å²) in [5.41, 5.74) is 0. The lowest BCUT2D eigenvalue weighted by Gasteiger charge is -2.16. The maximum atomic E-state index is 9.47. The van der Waals surface area contributed by atoms with Crippen molar-refractivity contribution < 1.29 is 9.84 Å². The highest BCUT2D eigenvalue weighted by Gasteiger charge is 2.23. The lowest BCUT2D eigenvalue weighted by molar-refractivity contribution is -0.00569. The van der Waals surface area contributed by atoms with Crippen molar-refractivity contribution in [3.63, 3.8) is 0 Å². The molecule has 1 N–H and O–H groups in total. The fourth-order valence-corrected chi connectivity index (χ4v) is 1.20. The topological polar surface area (TPSA) is 29.5 Å². The molecule has 1 fully saturated rings. The third-order valence-corrected chi connectivity index (χ3v) is 2.48. The highest BCUT2D eigenvalue weighted by Crippen LogP contribution is 2.34. The zero-order valence-electron chi connectivity index (χ0n) is 7.42. The van der Waals surface area contributed by atoms with Gasteiger partial charge in [0.25, 0.3) is 0 Å². The van der Waals surface area contributed by atoms with E-state index in [4.69, 9.17) is 4.74 Å². The van der Waals surface area contributed by atoms with Gasteiger partial charge in [-0.25, -0.2) is 0 Å². The molecule has 0 saturated heterocycles. The van der Waals surface area contributed by atoms with Gasteiger partial charge in [-0.15, -0.1) is 0 Å². The van der Waals surface area contributed by atoms with Crippen LogP contribution < -0.4 is 0 Å². The van der Waals surface area contributed by atoms with Crippen LogP contribution in [0.3, 0.4) is 0 Å². The van der Waals surface area contributed by atoms with Gasteiger partial charge in [0, 0.05) is 7.11 Å². The Morgan fingerprint density at radius 2 is 2.18 bits per heavy atom. The summed E-state index contributed by atoms with van der Waals surface area (Å²) in [5, 5.41) is 9.47. The molecule has 2 unspecified atom stereocenters. The third kappa shape index (κ3) is 3.21. The fraction of sp³-hybridized carbons (Fsp3) is 1.00. The predicted octanol–water partition coefficient (Wildman–Crippen LogP) is 1.57. The van der Waals surface area contributed by atoms with Gasteiger partial charge in [-0.05, 0) is 25.7 Å². The predicted molar refractivity (Wildman–Crippen MR) is 44.4 cm³/mol. The van der Waals surface area contributed by atoms with Crippen LogP contribution in [0.4, 0.5) is 0 Å². The summed E-state index contributed by atoms with van der Waals surface area (Å²) in [4.78, 5) is 0. The molecule has 2 heteroatoms. The smallest absolute Gasteiger partial charge is 0.0802 e. The van der Waals surface area contributed by atoms with Crippen LogP contribution in [0.15, 0.2) is 0 Å². The van der Waals surface area contributed by atoms with E-state index >= 15 is 0 Å². The maximum Gasteiger partial charge on any atom is 0.0802 e. The van der Waals surface area contributed by atoms with E-state index in [0.29, 0.717) is 0 Å². The number of ether oxygens (including phenoxy) is 1. The van der Waals surface area contributed by atoms with Crippen molar-refractivity contribution in [2.45, 2.75) is 44.8 Å². The summed E-state index contributed by atoms with van der Waals surface area (Å²) < 4.78 is 5.01. The van der Waals surface area contributed by atoms with Crippen molar-refractivity contribution >= 4 is 0 Å². The summed E-state index contributed by atoms with van der Waals surface area (Å²) in [6, 6.07) is 0. The minimum atomic E-state index is -0.263. The second-order valence-corrected chi connectivity index (χ2v) is 3.53. The highest BCUT2D eigenvalue weighted by atomic mass is 16.5. The Labute approximate surface area is 68.6 Å². The van der Waals surface area contributed by atoms with Crippen LogP contribution in [0.1, 0.15) is 32.6 Å². The molecule has 0 amide bonds. The Hall–Kier alpha value is -0.0800. The van der Waals surface area contributed by atoms with Gasteiger partial charge in [0.05, 0.1) is 12.2 Å². The summed E-state index contributed by atoms with van der Waals surface area (Å²) in [6.07, 6.45) is 4.55. The van der Waals surface area contributed by atoms with Gasteiger partial charge >= 0.3 is 0 Å². The molecule has 0 aromatic carbocycles. The van der Waals surface area contributed by atoms with E-state index in [1.54, 1.807) is 7.11 Å². The Bertz CT molecular complexity index is 110. The Morgan fingerprint density at radius 1 is 1.55 bits per heavy atom. The van der Waals surface area contributed by atoms with Crippen LogP contribution in [-0.2, 0) is 4.74 Å². The van der Waals surface area contributed by atoms with Crippen molar-refractivity contribution in [1.29, 1.82) is 0 Å². The lowest BCUT2D eigenvalue weighted by Crippen LogP contribution is -2.24. The first-order chi connectivity index (χ1) is 5.24. The normalized spacial score (nSPS) is 23.2. The first kappa shape index (κ1) is 9.01. The van der Waals surface area contributed by atoms with E-state index in [0.717, 1.165) is 12.3 Å². The van der Waals surface area contributed by atoms with Crippen molar-refractivity contribution in [2.24, 2.45) is 5.92 Å². The highest BCUT2D eigenvalue weighted by molar-refractivity contribution is 4.75. The summed E-state index contributed by atoms with van der Waals surface area (Å²) in [7, 11) is 1.64. The van der Waals surface area contributed by atoms with Crippen LogP contribution in [0.2, 0.25) is 0 Å². The second kappa shape index (κ2) is 4.07. The molecule has 0 bridgehead atoms. The molecule has 0 spiro atoms. The standard InChI is InChI=1S/C9H18O2/c1-7(11-2)9(10)6-5-8-3-4-8/h7-10H,3-6H2,1-2H3. The zero-order valence-corrected chi connectivity index (χ0v) is 7.42. The Balaban J connectivity index is 2.03. The molecule has 0 aromatic heterocycles. The molecular weight excluding hydrogens is 140 g/mol.